The smallest absolute Gasteiger partial charge is 0.335 e. The number of aromatic carboxylic acids is 2. The number of Topliss-reactive ketones (excluding diaryl/α,β-unsaturated/α-hetero) is 2. The van der Waals surface area contributed by atoms with Gasteiger partial charge >= 0.3 is 11.9 Å². The summed E-state index contributed by atoms with van der Waals surface area (Å²) in [7, 11) is 0. The van der Waals surface area contributed by atoms with Crippen LogP contribution in [0.15, 0.2) is 78.9 Å². The Labute approximate surface area is 190 Å². The zero-order valence-electron chi connectivity index (χ0n) is 17.8. The van der Waals surface area contributed by atoms with Crippen LogP contribution in [0.4, 0.5) is 0 Å². The van der Waals surface area contributed by atoms with Crippen molar-refractivity contribution in [1.82, 2.24) is 0 Å². The molecule has 1 saturated carbocycles. The van der Waals surface area contributed by atoms with E-state index in [2.05, 4.69) is 0 Å². The topological polar surface area (TPSA) is 109 Å². The van der Waals surface area contributed by atoms with Gasteiger partial charge in [0.25, 0.3) is 0 Å². The van der Waals surface area contributed by atoms with Gasteiger partial charge in [-0.25, -0.2) is 9.59 Å². The molecule has 0 saturated heterocycles. The molecule has 166 valence electrons. The van der Waals surface area contributed by atoms with Crippen LogP contribution in [-0.4, -0.2) is 33.7 Å². The summed E-state index contributed by atoms with van der Waals surface area (Å²) in [5, 5.41) is 18.4. The molecule has 0 aromatic heterocycles. The number of carboxylic acid groups (broad SMARTS) is 2. The Morgan fingerprint density at radius 3 is 1.45 bits per heavy atom. The molecule has 0 radical (unpaired) electrons. The van der Waals surface area contributed by atoms with Crippen molar-refractivity contribution in [2.75, 3.05) is 0 Å². The minimum absolute atomic E-state index is 0.0403. The lowest BCUT2D eigenvalue weighted by molar-refractivity contribution is -0.126. The van der Waals surface area contributed by atoms with Crippen LogP contribution in [-0.2, 0) is 4.79 Å². The van der Waals surface area contributed by atoms with Crippen molar-refractivity contribution >= 4 is 23.5 Å². The molecular weight excluding hydrogens is 420 g/mol. The number of hydrogen-bond acceptors (Lipinski definition) is 4. The molecule has 0 spiro atoms. The van der Waals surface area contributed by atoms with Crippen molar-refractivity contribution in [3.63, 3.8) is 0 Å². The molecule has 6 heteroatoms. The highest BCUT2D eigenvalue weighted by atomic mass is 16.4. The van der Waals surface area contributed by atoms with Gasteiger partial charge in [-0.05, 0) is 42.3 Å². The largest absolute Gasteiger partial charge is 0.478 e. The minimum Gasteiger partial charge on any atom is -0.478 e. The lowest BCUT2D eigenvalue weighted by Crippen LogP contribution is -2.50. The van der Waals surface area contributed by atoms with Crippen LogP contribution < -0.4 is 0 Å². The lowest BCUT2D eigenvalue weighted by Gasteiger charge is -2.51. The summed E-state index contributed by atoms with van der Waals surface area (Å²) in [5.41, 5.74) is 2.20. The number of hydrogen-bond donors (Lipinski definition) is 2. The van der Waals surface area contributed by atoms with Gasteiger partial charge in [0.1, 0.15) is 5.78 Å². The van der Waals surface area contributed by atoms with Gasteiger partial charge in [0.2, 0.25) is 0 Å². The van der Waals surface area contributed by atoms with E-state index < -0.39 is 29.7 Å². The monoisotopic (exact) mass is 442 g/mol. The second-order valence-corrected chi connectivity index (χ2v) is 8.30. The van der Waals surface area contributed by atoms with E-state index in [-0.39, 0.29) is 28.6 Å². The Balaban J connectivity index is 1.78. The van der Waals surface area contributed by atoms with Crippen molar-refractivity contribution in [2.45, 2.75) is 18.8 Å². The van der Waals surface area contributed by atoms with Gasteiger partial charge in [0, 0.05) is 29.2 Å². The third-order valence-electron chi connectivity index (χ3n) is 6.46. The zero-order chi connectivity index (χ0) is 23.7. The van der Waals surface area contributed by atoms with Crippen molar-refractivity contribution in [3.05, 3.63) is 107 Å². The maximum atomic E-state index is 13.7. The molecule has 1 fully saturated rings. The third-order valence-corrected chi connectivity index (χ3v) is 6.46. The number of carbonyl (C=O) groups is 4. The molecule has 6 nitrogen and oxygen atoms in total. The Hall–Kier alpha value is -4.06. The molecule has 4 unspecified atom stereocenters. The second kappa shape index (κ2) is 8.82. The summed E-state index contributed by atoms with van der Waals surface area (Å²) in [6.45, 7) is 1.52. The second-order valence-electron chi connectivity index (χ2n) is 8.30. The van der Waals surface area contributed by atoms with Gasteiger partial charge in [-0.1, -0.05) is 54.6 Å². The number of carbonyl (C=O) groups excluding carboxylic acids is 2. The molecule has 0 heterocycles. The van der Waals surface area contributed by atoms with Crippen LogP contribution in [0.25, 0.3) is 0 Å². The first kappa shape index (κ1) is 22.1. The molecule has 2 N–H and O–H groups in total. The Kier molecular flexibility index (Phi) is 5.92. The Bertz CT molecular complexity index is 1210. The van der Waals surface area contributed by atoms with E-state index >= 15 is 0 Å². The highest BCUT2D eigenvalue weighted by molar-refractivity contribution is 6.02. The molecule has 4 atom stereocenters. The maximum Gasteiger partial charge on any atom is 0.335 e. The molecule has 1 aliphatic carbocycles. The number of benzene rings is 3. The van der Waals surface area contributed by atoms with Crippen LogP contribution in [0.3, 0.4) is 0 Å². The molecule has 0 bridgehead atoms. The van der Waals surface area contributed by atoms with Gasteiger partial charge in [0.15, 0.2) is 5.78 Å². The number of ketones is 2. The van der Waals surface area contributed by atoms with Crippen molar-refractivity contribution in [1.29, 1.82) is 0 Å². The molecular formula is C27H22O6. The Morgan fingerprint density at radius 1 is 0.576 bits per heavy atom. The van der Waals surface area contributed by atoms with Gasteiger partial charge < -0.3 is 10.2 Å². The molecule has 1 aliphatic rings. The average Bonchev–Trinajstić information content (AvgIpc) is 2.79. The normalized spacial score (nSPS) is 21.6. The van der Waals surface area contributed by atoms with Crippen LogP contribution in [0.1, 0.15) is 61.0 Å². The van der Waals surface area contributed by atoms with E-state index in [1.807, 2.05) is 30.3 Å². The van der Waals surface area contributed by atoms with Gasteiger partial charge in [-0.2, -0.15) is 0 Å². The van der Waals surface area contributed by atoms with Crippen molar-refractivity contribution in [3.8, 4) is 0 Å². The molecule has 4 rings (SSSR count). The average molecular weight is 442 g/mol. The van der Waals surface area contributed by atoms with Gasteiger partial charge in [0.05, 0.1) is 11.1 Å². The SMILES string of the molecule is CC(=O)C1C(c2ccccc2)C(C(=O)c2ccc(C(=O)O)cc2)C1c1ccc(C(=O)O)cc1. The molecule has 33 heavy (non-hydrogen) atoms. The number of rotatable bonds is 7. The van der Waals surface area contributed by atoms with E-state index in [9.17, 15) is 24.3 Å². The Morgan fingerprint density at radius 2 is 1.00 bits per heavy atom. The van der Waals surface area contributed by atoms with Crippen LogP contribution in [0.2, 0.25) is 0 Å². The van der Waals surface area contributed by atoms with E-state index in [1.54, 1.807) is 12.1 Å². The fraction of sp³-hybridized carbons (Fsp3) is 0.185. The maximum absolute atomic E-state index is 13.7. The van der Waals surface area contributed by atoms with Gasteiger partial charge in [-0.15, -0.1) is 0 Å². The number of carboxylic acids is 2. The summed E-state index contributed by atoms with van der Waals surface area (Å²) in [4.78, 5) is 48.8. The minimum atomic E-state index is -1.08. The molecule has 0 aliphatic heterocycles. The fourth-order valence-corrected chi connectivity index (χ4v) is 4.90. The summed E-state index contributed by atoms with van der Waals surface area (Å²) in [6.07, 6.45) is 0. The summed E-state index contributed by atoms with van der Waals surface area (Å²) in [5.74, 6) is -4.07. The first-order valence-corrected chi connectivity index (χ1v) is 10.6. The summed E-state index contributed by atoms with van der Waals surface area (Å²) >= 11 is 0. The first-order valence-electron chi connectivity index (χ1n) is 10.6. The molecule has 0 amide bonds. The van der Waals surface area contributed by atoms with Crippen molar-refractivity contribution < 1.29 is 29.4 Å². The molecule has 3 aromatic carbocycles. The predicted octanol–water partition coefficient (Wildman–Crippen LogP) is 4.67. The molecule has 3 aromatic rings. The van der Waals surface area contributed by atoms with Crippen LogP contribution >= 0.6 is 0 Å². The lowest BCUT2D eigenvalue weighted by atomic mass is 9.50. The standard InChI is InChI=1S/C27H22O6/c1-15(28)21-22(16-5-3-2-4-6-16)24(23(21)17-7-11-19(12-8-17)26(30)31)25(29)18-9-13-20(14-10-18)27(32)33/h2-14,21-24H,1H3,(H,30,31)(H,32,33). The van der Waals surface area contributed by atoms with Crippen molar-refractivity contribution in [2.24, 2.45) is 11.8 Å². The first-order chi connectivity index (χ1) is 15.8. The van der Waals surface area contributed by atoms with E-state index in [0.717, 1.165) is 11.1 Å². The highest BCUT2D eigenvalue weighted by Gasteiger charge is 2.56. The van der Waals surface area contributed by atoms with E-state index in [4.69, 9.17) is 5.11 Å². The van der Waals surface area contributed by atoms with E-state index in [0.29, 0.717) is 5.56 Å². The van der Waals surface area contributed by atoms with Crippen LogP contribution in [0, 0.1) is 11.8 Å². The van der Waals surface area contributed by atoms with Gasteiger partial charge in [-0.3, -0.25) is 9.59 Å². The highest BCUT2D eigenvalue weighted by Crippen LogP contribution is 2.58. The van der Waals surface area contributed by atoms with Crippen LogP contribution in [0.5, 0.6) is 0 Å². The van der Waals surface area contributed by atoms with E-state index in [1.165, 1.54) is 43.3 Å². The predicted molar refractivity (Wildman–Crippen MR) is 121 cm³/mol. The zero-order valence-corrected chi connectivity index (χ0v) is 17.8. The quantitative estimate of drug-likeness (QED) is 0.515. The summed E-state index contributed by atoms with van der Waals surface area (Å²) < 4.78 is 0. The fourth-order valence-electron chi connectivity index (χ4n) is 4.90. The summed E-state index contributed by atoms with van der Waals surface area (Å²) in [6, 6.07) is 21.5. The third kappa shape index (κ3) is 4.07.